The van der Waals surface area contributed by atoms with Crippen molar-refractivity contribution in [3.63, 3.8) is 0 Å². The molecule has 2 rings (SSSR count). The summed E-state index contributed by atoms with van der Waals surface area (Å²) in [6.45, 7) is 3.12. The van der Waals surface area contributed by atoms with Gasteiger partial charge in [-0.3, -0.25) is 4.99 Å². The molecule has 1 atom stereocenters. The van der Waals surface area contributed by atoms with Gasteiger partial charge in [0.05, 0.1) is 7.11 Å². The summed E-state index contributed by atoms with van der Waals surface area (Å²) >= 11 is 0. The molecule has 0 radical (unpaired) electrons. The molecule has 0 aromatic carbocycles. The first kappa shape index (κ1) is 23.8. The number of guanidine groups is 1. The summed E-state index contributed by atoms with van der Waals surface area (Å²) in [6.07, 6.45) is -2.08. The van der Waals surface area contributed by atoms with Crippen molar-refractivity contribution in [2.45, 2.75) is 44.0 Å². The van der Waals surface area contributed by atoms with Crippen LogP contribution in [0.5, 0.6) is 0 Å². The number of halogens is 3. The molecular formula is C18H29F3N6O3. The number of nitrogens with one attached hydrogen (secondary N) is 2. The number of hydrogen-bond acceptors (Lipinski definition) is 5. The van der Waals surface area contributed by atoms with Gasteiger partial charge in [0.1, 0.15) is 5.82 Å². The first-order valence-corrected chi connectivity index (χ1v) is 9.77. The number of rotatable bonds is 6. The molecule has 1 fully saturated rings. The average Bonchev–Trinajstić information content (AvgIpc) is 3.13. The Labute approximate surface area is 173 Å². The van der Waals surface area contributed by atoms with Gasteiger partial charge in [-0.2, -0.15) is 13.2 Å². The first-order chi connectivity index (χ1) is 14.1. The average molecular weight is 434 g/mol. The van der Waals surface area contributed by atoms with E-state index in [2.05, 4.69) is 20.6 Å². The van der Waals surface area contributed by atoms with Crippen LogP contribution in [0, 0.1) is 0 Å². The predicted molar refractivity (Wildman–Crippen MR) is 104 cm³/mol. The van der Waals surface area contributed by atoms with E-state index >= 15 is 0 Å². The van der Waals surface area contributed by atoms with Gasteiger partial charge in [-0.05, 0) is 19.8 Å². The molecular weight excluding hydrogens is 405 g/mol. The maximum atomic E-state index is 13.6. The molecule has 1 amide bonds. The number of amides is 1. The Balaban J connectivity index is 2.02. The Hall–Kier alpha value is -2.50. The highest BCUT2D eigenvalue weighted by Crippen LogP contribution is 2.40. The van der Waals surface area contributed by atoms with E-state index in [1.807, 2.05) is 6.92 Å². The van der Waals surface area contributed by atoms with E-state index < -0.39 is 24.0 Å². The van der Waals surface area contributed by atoms with Crippen molar-refractivity contribution in [3.8, 4) is 0 Å². The van der Waals surface area contributed by atoms with Crippen molar-refractivity contribution in [1.29, 1.82) is 0 Å². The maximum Gasteiger partial charge on any atom is 0.424 e. The van der Waals surface area contributed by atoms with E-state index in [1.54, 1.807) is 4.90 Å². The molecule has 2 heterocycles. The third-order valence-corrected chi connectivity index (χ3v) is 5.02. The zero-order chi connectivity index (χ0) is 22.4. The lowest BCUT2D eigenvalue weighted by atomic mass is 9.98. The molecule has 12 heteroatoms. The Morgan fingerprint density at radius 3 is 2.57 bits per heavy atom. The Bertz CT molecular complexity index is 731. The number of carbonyl (C=O) groups is 1. The number of likely N-dealkylation sites (tertiary alicyclic amines) is 1. The number of nitrogens with zero attached hydrogens (tertiary/aromatic N) is 4. The Morgan fingerprint density at radius 2 is 2.07 bits per heavy atom. The number of methoxy groups -OCH3 is 1. The minimum atomic E-state index is -4.89. The number of piperidine rings is 1. The number of ether oxygens (including phenoxy) is 1. The summed E-state index contributed by atoms with van der Waals surface area (Å²) in [7, 11) is 2.73. The molecule has 1 unspecified atom stereocenters. The molecule has 0 spiro atoms. The van der Waals surface area contributed by atoms with Crippen LogP contribution in [0.3, 0.4) is 0 Å². The number of aliphatic imine (C=N–C) groups is 1. The van der Waals surface area contributed by atoms with Crippen LogP contribution in [0.1, 0.15) is 32.0 Å². The largest absolute Gasteiger partial charge is 0.453 e. The van der Waals surface area contributed by atoms with Gasteiger partial charge in [0.15, 0.2) is 5.96 Å². The third kappa shape index (κ3) is 5.55. The Morgan fingerprint density at radius 1 is 1.40 bits per heavy atom. The molecule has 1 aromatic rings. The van der Waals surface area contributed by atoms with Crippen LogP contribution in [0.2, 0.25) is 0 Å². The molecule has 0 saturated carbocycles. The quantitative estimate of drug-likeness (QED) is 0.461. The van der Waals surface area contributed by atoms with Gasteiger partial charge in [-0.25, -0.2) is 9.78 Å². The van der Waals surface area contributed by atoms with E-state index in [4.69, 9.17) is 4.74 Å². The first-order valence-electron chi connectivity index (χ1n) is 9.77. The number of aliphatic hydroxyl groups is 1. The molecule has 170 valence electrons. The number of aryl methyl sites for hydroxylation is 1. The summed E-state index contributed by atoms with van der Waals surface area (Å²) in [6, 6.07) is 0.0137. The van der Waals surface area contributed by atoms with Crippen LogP contribution < -0.4 is 10.6 Å². The van der Waals surface area contributed by atoms with E-state index in [1.165, 1.54) is 26.6 Å². The fourth-order valence-electron chi connectivity index (χ4n) is 3.32. The van der Waals surface area contributed by atoms with Gasteiger partial charge in [0.25, 0.3) is 0 Å². The highest BCUT2D eigenvalue weighted by Gasteiger charge is 2.57. The van der Waals surface area contributed by atoms with Gasteiger partial charge < -0.3 is 29.9 Å². The molecule has 1 aliphatic rings. The molecule has 30 heavy (non-hydrogen) atoms. The summed E-state index contributed by atoms with van der Waals surface area (Å²) < 4.78 is 46.6. The zero-order valence-electron chi connectivity index (χ0n) is 17.4. The van der Waals surface area contributed by atoms with Gasteiger partial charge in [-0.15, -0.1) is 0 Å². The molecule has 1 aromatic heterocycles. The fraction of sp³-hybridized carbons (Fsp3) is 0.722. The summed E-state index contributed by atoms with van der Waals surface area (Å²) in [5.74, 6) is -0.114. The van der Waals surface area contributed by atoms with Crippen molar-refractivity contribution in [2.75, 3.05) is 33.3 Å². The van der Waals surface area contributed by atoms with Crippen molar-refractivity contribution in [1.82, 2.24) is 25.1 Å². The lowest BCUT2D eigenvalue weighted by Gasteiger charge is -2.32. The van der Waals surface area contributed by atoms with E-state index in [-0.39, 0.29) is 18.7 Å². The highest BCUT2D eigenvalue weighted by molar-refractivity contribution is 5.80. The normalized spacial score (nSPS) is 18.1. The zero-order valence-corrected chi connectivity index (χ0v) is 17.4. The van der Waals surface area contributed by atoms with Crippen LogP contribution in [-0.4, -0.2) is 77.1 Å². The SMILES string of the molecule is CCNC(=NCCC(O)(c1nccn1C)C(F)(F)F)NC1CCN(C(=O)OC)CC1. The van der Waals surface area contributed by atoms with E-state index in [9.17, 15) is 23.1 Å². The smallest absolute Gasteiger partial charge is 0.424 e. The van der Waals surface area contributed by atoms with Gasteiger partial charge in [0.2, 0.25) is 5.60 Å². The predicted octanol–water partition coefficient (Wildman–Crippen LogP) is 1.35. The number of alkyl halides is 3. The molecule has 3 N–H and O–H groups in total. The molecule has 0 bridgehead atoms. The number of aromatic nitrogens is 2. The highest BCUT2D eigenvalue weighted by atomic mass is 19.4. The lowest BCUT2D eigenvalue weighted by molar-refractivity contribution is -0.272. The van der Waals surface area contributed by atoms with E-state index in [0.717, 1.165) is 4.57 Å². The van der Waals surface area contributed by atoms with Crippen molar-refractivity contribution in [2.24, 2.45) is 12.0 Å². The number of carbonyl (C=O) groups excluding carboxylic acids is 1. The van der Waals surface area contributed by atoms with Crippen LogP contribution >= 0.6 is 0 Å². The number of imidazole rings is 1. The van der Waals surface area contributed by atoms with Crippen molar-refractivity contribution in [3.05, 3.63) is 18.2 Å². The molecule has 9 nitrogen and oxygen atoms in total. The number of hydrogen-bond donors (Lipinski definition) is 3. The van der Waals surface area contributed by atoms with Crippen molar-refractivity contribution >= 4 is 12.1 Å². The van der Waals surface area contributed by atoms with Crippen LogP contribution in [0.4, 0.5) is 18.0 Å². The topological polar surface area (TPSA) is 104 Å². The summed E-state index contributed by atoms with van der Waals surface area (Å²) in [4.78, 5) is 21.0. The minimum absolute atomic E-state index is 0.0137. The molecule has 1 aliphatic heterocycles. The Kier molecular flexibility index (Phi) is 7.93. The standard InChI is InChI=1S/C18H29F3N6O3/c1-4-22-15(25-13-5-10-27(11-6-13)16(28)30-3)24-8-7-17(29,18(19,20)21)14-23-9-12-26(14)2/h9,12-13,29H,4-8,10-11H2,1-3H3,(H2,22,24,25). The van der Waals surface area contributed by atoms with Gasteiger partial charge in [0, 0.05) is 58.1 Å². The van der Waals surface area contributed by atoms with Gasteiger partial charge >= 0.3 is 12.3 Å². The van der Waals surface area contributed by atoms with Crippen LogP contribution in [-0.2, 0) is 17.4 Å². The third-order valence-electron chi connectivity index (χ3n) is 5.02. The minimum Gasteiger partial charge on any atom is -0.453 e. The van der Waals surface area contributed by atoms with Gasteiger partial charge in [-0.1, -0.05) is 0 Å². The van der Waals surface area contributed by atoms with Crippen LogP contribution in [0.25, 0.3) is 0 Å². The molecule has 0 aliphatic carbocycles. The second-order valence-corrected chi connectivity index (χ2v) is 7.11. The monoisotopic (exact) mass is 434 g/mol. The second-order valence-electron chi connectivity index (χ2n) is 7.11. The van der Waals surface area contributed by atoms with E-state index in [0.29, 0.717) is 38.4 Å². The van der Waals surface area contributed by atoms with Crippen molar-refractivity contribution < 1.29 is 27.8 Å². The summed E-state index contributed by atoms with van der Waals surface area (Å²) in [5.41, 5.74) is -3.10. The second kappa shape index (κ2) is 10.0. The van der Waals surface area contributed by atoms with Crippen LogP contribution in [0.15, 0.2) is 17.4 Å². The fourth-order valence-corrected chi connectivity index (χ4v) is 3.32. The lowest BCUT2D eigenvalue weighted by Crippen LogP contribution is -2.50. The maximum absolute atomic E-state index is 13.6. The molecule has 1 saturated heterocycles. The summed E-state index contributed by atoms with van der Waals surface area (Å²) in [5, 5.41) is 16.6.